The maximum Gasteiger partial charge on any atom is 0.410 e. The molecule has 2 saturated heterocycles. The van der Waals surface area contributed by atoms with E-state index in [-0.39, 0.29) is 18.0 Å². The van der Waals surface area contributed by atoms with Crippen molar-refractivity contribution < 1.29 is 19.1 Å². The SMILES string of the molecule is CCCCCC(C)N1CCN(C(=O)[C@@H](Cc2cc(C)c(N)c(C)c2)OC(=O)N2CCC(N3CCc4ccccc4NC3=O)CC2)CC1. The van der Waals surface area contributed by atoms with Gasteiger partial charge in [0.15, 0.2) is 6.10 Å². The fraction of sp³-hybridized carbons (Fsp3) is 0.595. The third-order valence-electron chi connectivity index (χ3n) is 10.4. The molecule has 47 heavy (non-hydrogen) atoms. The summed E-state index contributed by atoms with van der Waals surface area (Å²) in [6.45, 7) is 12.9. The predicted octanol–water partition coefficient (Wildman–Crippen LogP) is 5.60. The summed E-state index contributed by atoms with van der Waals surface area (Å²) in [5, 5.41) is 3.06. The Morgan fingerprint density at radius 2 is 1.64 bits per heavy atom. The number of piperazine rings is 1. The smallest absolute Gasteiger partial charge is 0.410 e. The third-order valence-corrected chi connectivity index (χ3v) is 10.4. The first kappa shape index (κ1) is 34.5. The number of piperidine rings is 1. The zero-order chi connectivity index (χ0) is 33.5. The van der Waals surface area contributed by atoms with Crippen LogP contribution in [0.5, 0.6) is 0 Å². The molecule has 0 spiro atoms. The van der Waals surface area contributed by atoms with Crippen molar-refractivity contribution in [1.82, 2.24) is 19.6 Å². The molecule has 3 aliphatic rings. The van der Waals surface area contributed by atoms with Gasteiger partial charge in [0.05, 0.1) is 0 Å². The van der Waals surface area contributed by atoms with E-state index in [0.717, 1.165) is 53.1 Å². The number of nitrogens with zero attached hydrogens (tertiary/aromatic N) is 4. The van der Waals surface area contributed by atoms with Crippen LogP contribution < -0.4 is 11.1 Å². The number of rotatable bonds is 10. The van der Waals surface area contributed by atoms with Crippen LogP contribution in [-0.4, -0.2) is 102 Å². The van der Waals surface area contributed by atoms with Gasteiger partial charge >= 0.3 is 12.1 Å². The molecule has 0 aromatic heterocycles. The first-order valence-corrected chi connectivity index (χ1v) is 17.6. The Morgan fingerprint density at radius 1 is 0.957 bits per heavy atom. The van der Waals surface area contributed by atoms with E-state index in [9.17, 15) is 14.4 Å². The van der Waals surface area contributed by atoms with Crippen LogP contribution in [0.3, 0.4) is 0 Å². The summed E-state index contributed by atoms with van der Waals surface area (Å²) in [6, 6.07) is 12.3. The highest BCUT2D eigenvalue weighted by molar-refractivity contribution is 5.91. The Kier molecular flexibility index (Phi) is 11.7. The lowest BCUT2D eigenvalue weighted by molar-refractivity contribution is -0.143. The van der Waals surface area contributed by atoms with Crippen LogP contribution in [0.25, 0.3) is 0 Å². The number of amides is 4. The van der Waals surface area contributed by atoms with Gasteiger partial charge in [0, 0.05) is 75.7 Å². The lowest BCUT2D eigenvalue weighted by Gasteiger charge is -2.40. The number of nitrogens with two attached hydrogens (primary N) is 1. The minimum absolute atomic E-state index is 0.0344. The summed E-state index contributed by atoms with van der Waals surface area (Å²) >= 11 is 0. The summed E-state index contributed by atoms with van der Waals surface area (Å²) in [7, 11) is 0. The number of fused-ring (bicyclic) bond motifs is 1. The number of urea groups is 1. The van der Waals surface area contributed by atoms with Crippen molar-refractivity contribution in [3.63, 3.8) is 0 Å². The first-order chi connectivity index (χ1) is 22.6. The number of ether oxygens (including phenoxy) is 1. The van der Waals surface area contributed by atoms with Gasteiger partial charge in [-0.1, -0.05) is 56.5 Å². The minimum Gasteiger partial charge on any atom is -0.436 e. The van der Waals surface area contributed by atoms with Crippen molar-refractivity contribution >= 4 is 29.4 Å². The van der Waals surface area contributed by atoms with Gasteiger partial charge in [0.2, 0.25) is 0 Å². The maximum absolute atomic E-state index is 14.0. The average Bonchev–Trinajstić information content (AvgIpc) is 3.24. The van der Waals surface area contributed by atoms with Crippen LogP contribution in [0.2, 0.25) is 0 Å². The van der Waals surface area contributed by atoms with Crippen molar-refractivity contribution in [3.8, 4) is 0 Å². The number of para-hydroxylation sites is 1. The first-order valence-electron chi connectivity index (χ1n) is 17.6. The van der Waals surface area contributed by atoms with Crippen molar-refractivity contribution in [2.45, 2.75) is 97.2 Å². The molecule has 5 rings (SSSR count). The standard InChI is InChI=1S/C37H54N6O4/c1-5-6-7-10-28(4)40-19-21-41(22-20-40)35(44)33(25-29-23-26(2)34(38)27(3)24-29)47-37(46)42-16-14-31(15-17-42)43-18-13-30-11-8-9-12-32(30)39-36(43)45/h8-9,11-12,23-24,28,31,33H,5-7,10,13-22,25,38H2,1-4H3,(H,39,45)/t28?,33-/m1/s1. The molecule has 3 aliphatic heterocycles. The van der Waals surface area contributed by atoms with Crippen LogP contribution in [0.4, 0.5) is 21.0 Å². The van der Waals surface area contributed by atoms with Gasteiger partial charge in [-0.2, -0.15) is 0 Å². The number of benzene rings is 2. The third kappa shape index (κ3) is 8.58. The fourth-order valence-electron chi connectivity index (χ4n) is 7.33. The van der Waals surface area contributed by atoms with Crippen molar-refractivity contribution in [2.24, 2.45) is 0 Å². The lowest BCUT2D eigenvalue weighted by Crippen LogP contribution is -2.55. The normalized spacial score (nSPS) is 19.1. The second-order valence-electron chi connectivity index (χ2n) is 13.7. The molecule has 2 atom stereocenters. The zero-order valence-electron chi connectivity index (χ0n) is 28.8. The molecule has 2 aromatic rings. The Bertz CT molecular complexity index is 1380. The molecule has 2 fully saturated rings. The molecule has 3 N–H and O–H groups in total. The number of unbranched alkanes of at least 4 members (excludes halogenated alkanes) is 2. The second-order valence-corrected chi connectivity index (χ2v) is 13.7. The summed E-state index contributed by atoms with van der Waals surface area (Å²) in [4.78, 5) is 48.6. The van der Waals surface area contributed by atoms with Gasteiger partial charge in [0.25, 0.3) is 5.91 Å². The van der Waals surface area contributed by atoms with Crippen molar-refractivity contribution in [2.75, 3.05) is 56.9 Å². The molecule has 1 unspecified atom stereocenters. The molecule has 10 heteroatoms. The van der Waals surface area contributed by atoms with Crippen LogP contribution in [0.15, 0.2) is 36.4 Å². The van der Waals surface area contributed by atoms with Gasteiger partial charge in [-0.05, 0) is 74.8 Å². The highest BCUT2D eigenvalue weighted by Crippen LogP contribution is 2.26. The lowest BCUT2D eigenvalue weighted by atomic mass is 9.99. The van der Waals surface area contributed by atoms with E-state index in [2.05, 4.69) is 30.1 Å². The topological polar surface area (TPSA) is 111 Å². The molecule has 0 bridgehead atoms. The van der Waals surface area contributed by atoms with Crippen LogP contribution in [0.1, 0.15) is 74.6 Å². The van der Waals surface area contributed by atoms with Crippen LogP contribution in [0, 0.1) is 13.8 Å². The minimum atomic E-state index is -0.925. The molecular formula is C37H54N6O4. The summed E-state index contributed by atoms with van der Waals surface area (Å²) < 4.78 is 6.08. The Morgan fingerprint density at radius 3 is 2.32 bits per heavy atom. The number of hydrogen-bond acceptors (Lipinski definition) is 6. The number of carbonyl (C=O) groups excluding carboxylic acids is 3. The average molecular weight is 647 g/mol. The van der Waals surface area contributed by atoms with E-state index in [1.54, 1.807) is 4.90 Å². The monoisotopic (exact) mass is 646 g/mol. The van der Waals surface area contributed by atoms with Crippen LogP contribution in [-0.2, 0) is 22.4 Å². The summed E-state index contributed by atoms with van der Waals surface area (Å²) in [5.74, 6) is -0.139. The number of anilines is 2. The number of likely N-dealkylation sites (tertiary alicyclic amines) is 1. The van der Waals surface area contributed by atoms with E-state index in [1.165, 1.54) is 25.7 Å². The van der Waals surface area contributed by atoms with Gasteiger partial charge in [-0.25, -0.2) is 9.59 Å². The van der Waals surface area contributed by atoms with Gasteiger partial charge < -0.3 is 30.5 Å². The van der Waals surface area contributed by atoms with Gasteiger partial charge in [-0.15, -0.1) is 0 Å². The molecular weight excluding hydrogens is 592 g/mol. The number of nitrogen functional groups attached to an aromatic ring is 1. The predicted molar refractivity (Wildman–Crippen MR) is 187 cm³/mol. The number of aryl methyl sites for hydroxylation is 2. The van der Waals surface area contributed by atoms with Crippen molar-refractivity contribution in [1.29, 1.82) is 0 Å². The molecule has 256 valence electrons. The van der Waals surface area contributed by atoms with E-state index >= 15 is 0 Å². The summed E-state index contributed by atoms with van der Waals surface area (Å²) in [6.07, 6.45) is 5.87. The maximum atomic E-state index is 14.0. The number of carbonyl (C=O) groups is 3. The van der Waals surface area contributed by atoms with E-state index in [1.807, 2.05) is 54.0 Å². The second kappa shape index (κ2) is 15.9. The molecule has 10 nitrogen and oxygen atoms in total. The number of hydrogen-bond donors (Lipinski definition) is 2. The number of nitrogens with one attached hydrogen (secondary N) is 1. The molecule has 2 aromatic carbocycles. The highest BCUT2D eigenvalue weighted by atomic mass is 16.6. The Hall–Kier alpha value is -3.79. The van der Waals surface area contributed by atoms with Crippen molar-refractivity contribution in [3.05, 3.63) is 58.7 Å². The molecule has 4 amide bonds. The molecule has 0 aliphatic carbocycles. The molecule has 0 saturated carbocycles. The largest absolute Gasteiger partial charge is 0.436 e. The summed E-state index contributed by atoms with van der Waals surface area (Å²) in [5.41, 5.74) is 11.8. The zero-order valence-corrected chi connectivity index (χ0v) is 28.8. The molecule has 3 heterocycles. The van der Waals surface area contributed by atoms with E-state index in [0.29, 0.717) is 58.0 Å². The Balaban J connectivity index is 1.21. The van der Waals surface area contributed by atoms with Crippen LogP contribution >= 0.6 is 0 Å². The van der Waals surface area contributed by atoms with E-state index in [4.69, 9.17) is 10.5 Å². The van der Waals surface area contributed by atoms with Gasteiger partial charge in [-0.3, -0.25) is 9.69 Å². The fourth-order valence-corrected chi connectivity index (χ4v) is 7.33. The molecule has 0 radical (unpaired) electrons. The highest BCUT2D eigenvalue weighted by Gasteiger charge is 2.35. The quantitative estimate of drug-likeness (QED) is 0.257. The van der Waals surface area contributed by atoms with Gasteiger partial charge in [0.1, 0.15) is 0 Å². The Labute approximate surface area is 280 Å². The van der Waals surface area contributed by atoms with E-state index < -0.39 is 12.2 Å².